The Hall–Kier alpha value is -2.37. The Kier molecular flexibility index (Phi) is 6.04. The van der Waals surface area contributed by atoms with Gasteiger partial charge < -0.3 is 15.5 Å². The summed E-state index contributed by atoms with van der Waals surface area (Å²) in [6, 6.07) is 19.5. The standard InChI is InChI=1S/C20H26N4O/c1-23-12-14-24(15-13-23)16-19(17-8-4-2-5-9-17)22-20(25)21-18-10-6-3-7-11-18/h2-11,19H,12-16H2,1H3,(H2,21,22,25)/t19-/m1/s1. The zero-order valence-corrected chi connectivity index (χ0v) is 14.7. The fourth-order valence-corrected chi connectivity index (χ4v) is 3.06. The number of carbonyl (C=O) groups excluding carboxylic acids is 1. The lowest BCUT2D eigenvalue weighted by molar-refractivity contribution is 0.143. The summed E-state index contributed by atoms with van der Waals surface area (Å²) in [7, 11) is 2.15. The van der Waals surface area contributed by atoms with Crippen LogP contribution in [0.2, 0.25) is 0 Å². The van der Waals surface area contributed by atoms with Gasteiger partial charge in [-0.15, -0.1) is 0 Å². The highest BCUT2D eigenvalue weighted by Gasteiger charge is 2.21. The van der Waals surface area contributed by atoms with Gasteiger partial charge in [0.25, 0.3) is 0 Å². The van der Waals surface area contributed by atoms with Gasteiger partial charge in [-0.2, -0.15) is 0 Å². The number of rotatable bonds is 5. The van der Waals surface area contributed by atoms with E-state index in [1.165, 1.54) is 0 Å². The third-order valence-corrected chi connectivity index (χ3v) is 4.58. The van der Waals surface area contributed by atoms with Crippen molar-refractivity contribution in [2.45, 2.75) is 6.04 Å². The summed E-state index contributed by atoms with van der Waals surface area (Å²) >= 11 is 0. The summed E-state index contributed by atoms with van der Waals surface area (Å²) in [4.78, 5) is 17.2. The second-order valence-corrected chi connectivity index (χ2v) is 6.53. The molecule has 5 nitrogen and oxygen atoms in total. The molecule has 132 valence electrons. The van der Waals surface area contributed by atoms with E-state index >= 15 is 0 Å². The molecule has 2 aromatic carbocycles. The van der Waals surface area contributed by atoms with Crippen LogP contribution in [0.15, 0.2) is 60.7 Å². The minimum Gasteiger partial charge on any atom is -0.330 e. The molecule has 0 aliphatic carbocycles. The predicted octanol–water partition coefficient (Wildman–Crippen LogP) is 2.80. The smallest absolute Gasteiger partial charge is 0.319 e. The number of amides is 2. The SMILES string of the molecule is CN1CCN(C[C@@H](NC(=O)Nc2ccccc2)c2ccccc2)CC1. The molecule has 3 rings (SSSR count). The Morgan fingerprint density at radius 1 is 0.960 bits per heavy atom. The van der Waals surface area contributed by atoms with Crippen LogP contribution in [-0.4, -0.2) is 55.6 Å². The Morgan fingerprint density at radius 3 is 2.20 bits per heavy atom. The number of benzene rings is 2. The van der Waals surface area contributed by atoms with Crippen LogP contribution in [0.5, 0.6) is 0 Å². The molecule has 0 radical (unpaired) electrons. The molecule has 0 bridgehead atoms. The first kappa shape index (κ1) is 17.5. The minimum atomic E-state index is -0.172. The Balaban J connectivity index is 1.65. The second-order valence-electron chi connectivity index (χ2n) is 6.53. The highest BCUT2D eigenvalue weighted by atomic mass is 16.2. The van der Waals surface area contributed by atoms with Crippen LogP contribution >= 0.6 is 0 Å². The summed E-state index contributed by atoms with van der Waals surface area (Å²) < 4.78 is 0. The maximum absolute atomic E-state index is 12.4. The van der Waals surface area contributed by atoms with Gasteiger partial charge in [0, 0.05) is 38.4 Å². The van der Waals surface area contributed by atoms with Crippen LogP contribution in [0, 0.1) is 0 Å². The molecule has 1 heterocycles. The predicted molar refractivity (Wildman–Crippen MR) is 102 cm³/mol. The normalized spacial score (nSPS) is 17.0. The number of carbonyl (C=O) groups is 1. The average Bonchev–Trinajstić information content (AvgIpc) is 2.64. The molecular weight excluding hydrogens is 312 g/mol. The first-order valence-corrected chi connectivity index (χ1v) is 8.79. The first-order valence-electron chi connectivity index (χ1n) is 8.79. The van der Waals surface area contributed by atoms with Crippen molar-refractivity contribution in [1.82, 2.24) is 15.1 Å². The fourth-order valence-electron chi connectivity index (χ4n) is 3.06. The van der Waals surface area contributed by atoms with Gasteiger partial charge in [0.2, 0.25) is 0 Å². The van der Waals surface area contributed by atoms with Crippen molar-refractivity contribution in [1.29, 1.82) is 0 Å². The minimum absolute atomic E-state index is 0.0340. The summed E-state index contributed by atoms with van der Waals surface area (Å²) in [5, 5.41) is 6.04. The number of nitrogens with one attached hydrogen (secondary N) is 2. The molecule has 5 heteroatoms. The van der Waals surface area contributed by atoms with Crippen molar-refractivity contribution >= 4 is 11.7 Å². The summed E-state index contributed by atoms with van der Waals surface area (Å²) in [6.07, 6.45) is 0. The lowest BCUT2D eigenvalue weighted by atomic mass is 10.1. The summed E-state index contributed by atoms with van der Waals surface area (Å²) in [6.45, 7) is 5.01. The highest BCUT2D eigenvalue weighted by molar-refractivity contribution is 5.89. The third-order valence-electron chi connectivity index (χ3n) is 4.58. The van der Waals surface area contributed by atoms with Crippen molar-refractivity contribution in [3.63, 3.8) is 0 Å². The lowest BCUT2D eigenvalue weighted by Crippen LogP contribution is -2.48. The van der Waals surface area contributed by atoms with E-state index in [1.807, 2.05) is 48.5 Å². The number of piperazine rings is 1. The van der Waals surface area contributed by atoms with Crippen molar-refractivity contribution in [3.8, 4) is 0 Å². The topological polar surface area (TPSA) is 47.6 Å². The zero-order chi connectivity index (χ0) is 17.5. The summed E-state index contributed by atoms with van der Waals surface area (Å²) in [5.41, 5.74) is 1.93. The van der Waals surface area contributed by atoms with E-state index in [1.54, 1.807) is 0 Å². The molecule has 2 amide bonds. The number of likely N-dealkylation sites (N-methyl/N-ethyl adjacent to an activating group) is 1. The van der Waals surface area contributed by atoms with E-state index in [-0.39, 0.29) is 12.1 Å². The quantitative estimate of drug-likeness (QED) is 0.881. The Bertz CT molecular complexity index is 654. The fraction of sp³-hybridized carbons (Fsp3) is 0.350. The lowest BCUT2D eigenvalue weighted by Gasteiger charge is -2.35. The molecule has 2 aromatic rings. The molecule has 1 fully saturated rings. The van der Waals surface area contributed by atoms with Gasteiger partial charge in [0.05, 0.1) is 6.04 Å². The number of urea groups is 1. The maximum atomic E-state index is 12.4. The second kappa shape index (κ2) is 8.65. The maximum Gasteiger partial charge on any atom is 0.319 e. The molecule has 25 heavy (non-hydrogen) atoms. The van der Waals surface area contributed by atoms with Crippen molar-refractivity contribution in [2.24, 2.45) is 0 Å². The van der Waals surface area contributed by atoms with E-state index in [2.05, 4.69) is 39.6 Å². The van der Waals surface area contributed by atoms with Gasteiger partial charge in [-0.3, -0.25) is 4.90 Å². The van der Waals surface area contributed by atoms with Gasteiger partial charge in [0.1, 0.15) is 0 Å². The highest BCUT2D eigenvalue weighted by Crippen LogP contribution is 2.16. The number of para-hydroxylation sites is 1. The Morgan fingerprint density at radius 2 is 1.56 bits per heavy atom. The molecule has 0 spiro atoms. The van der Waals surface area contributed by atoms with Crippen LogP contribution in [-0.2, 0) is 0 Å². The zero-order valence-electron chi connectivity index (χ0n) is 14.7. The van der Waals surface area contributed by atoms with E-state index in [4.69, 9.17) is 0 Å². The third kappa shape index (κ3) is 5.31. The average molecular weight is 338 g/mol. The van der Waals surface area contributed by atoms with Crippen molar-refractivity contribution in [3.05, 3.63) is 66.2 Å². The van der Waals surface area contributed by atoms with Crippen molar-refractivity contribution < 1.29 is 4.79 Å². The largest absolute Gasteiger partial charge is 0.330 e. The molecule has 1 aliphatic rings. The molecule has 2 N–H and O–H groups in total. The van der Waals surface area contributed by atoms with Gasteiger partial charge in [-0.1, -0.05) is 48.5 Å². The van der Waals surface area contributed by atoms with Crippen LogP contribution < -0.4 is 10.6 Å². The molecular formula is C20H26N4O. The van der Waals surface area contributed by atoms with Crippen LogP contribution in [0.25, 0.3) is 0 Å². The number of anilines is 1. The van der Waals surface area contributed by atoms with Crippen molar-refractivity contribution in [2.75, 3.05) is 45.1 Å². The number of hydrogen-bond acceptors (Lipinski definition) is 3. The van der Waals surface area contributed by atoms with Crippen LogP contribution in [0.4, 0.5) is 10.5 Å². The molecule has 1 atom stereocenters. The van der Waals surface area contributed by atoms with E-state index in [0.29, 0.717) is 0 Å². The first-order chi connectivity index (χ1) is 12.2. The van der Waals surface area contributed by atoms with E-state index < -0.39 is 0 Å². The molecule has 0 unspecified atom stereocenters. The van der Waals surface area contributed by atoms with Crippen LogP contribution in [0.3, 0.4) is 0 Å². The molecule has 0 aromatic heterocycles. The molecule has 1 saturated heterocycles. The van der Waals surface area contributed by atoms with Gasteiger partial charge in [0.15, 0.2) is 0 Å². The monoisotopic (exact) mass is 338 g/mol. The number of hydrogen-bond donors (Lipinski definition) is 2. The summed E-state index contributed by atoms with van der Waals surface area (Å²) in [5.74, 6) is 0. The number of nitrogens with zero attached hydrogens (tertiary/aromatic N) is 2. The van der Waals surface area contributed by atoms with E-state index in [9.17, 15) is 4.79 Å². The van der Waals surface area contributed by atoms with Gasteiger partial charge in [-0.25, -0.2) is 4.79 Å². The van der Waals surface area contributed by atoms with Gasteiger partial charge in [-0.05, 0) is 24.7 Å². The molecule has 1 aliphatic heterocycles. The van der Waals surface area contributed by atoms with Gasteiger partial charge >= 0.3 is 6.03 Å². The molecule has 0 saturated carbocycles. The van der Waals surface area contributed by atoms with E-state index in [0.717, 1.165) is 44.0 Å². The Labute approximate surface area is 149 Å². The van der Waals surface area contributed by atoms with Crippen LogP contribution in [0.1, 0.15) is 11.6 Å².